The van der Waals surface area contributed by atoms with Crippen LogP contribution in [0.2, 0.25) is 0 Å². The molecule has 0 atom stereocenters. The van der Waals surface area contributed by atoms with E-state index in [1.54, 1.807) is 29.2 Å². The van der Waals surface area contributed by atoms with Crippen LogP contribution in [0.4, 0.5) is 0 Å². The molecule has 1 saturated heterocycles. The second-order valence-electron chi connectivity index (χ2n) is 5.13. The van der Waals surface area contributed by atoms with Crippen molar-refractivity contribution in [3.63, 3.8) is 0 Å². The van der Waals surface area contributed by atoms with Crippen molar-refractivity contribution in [2.45, 2.75) is 17.7 Å². The molecule has 0 spiro atoms. The summed E-state index contributed by atoms with van der Waals surface area (Å²) in [6.07, 6.45) is 2.49. The number of rotatable bonds is 4. The lowest BCUT2D eigenvalue weighted by atomic mass is 9.97. The Bertz CT molecular complexity index is 712. The Morgan fingerprint density at radius 2 is 1.86 bits per heavy atom. The van der Waals surface area contributed by atoms with Crippen molar-refractivity contribution in [3.05, 3.63) is 41.4 Å². The molecule has 1 fully saturated rings. The SMILES string of the molecule is N#CC(=CN1CCC(C(N)=O)CC1)S(=O)(=O)c1ccccc1. The van der Waals surface area contributed by atoms with E-state index in [0.29, 0.717) is 25.9 Å². The minimum Gasteiger partial charge on any atom is -0.376 e. The molecule has 1 aromatic rings. The molecule has 7 heteroatoms. The van der Waals surface area contributed by atoms with Crippen molar-refractivity contribution in [1.29, 1.82) is 5.26 Å². The Hall–Kier alpha value is -2.33. The highest BCUT2D eigenvalue weighted by molar-refractivity contribution is 7.95. The van der Waals surface area contributed by atoms with Gasteiger partial charge in [-0.25, -0.2) is 8.42 Å². The normalized spacial score (nSPS) is 17.0. The van der Waals surface area contributed by atoms with Crippen LogP contribution in [-0.4, -0.2) is 32.3 Å². The maximum absolute atomic E-state index is 12.4. The fourth-order valence-corrected chi connectivity index (χ4v) is 3.54. The number of hydrogen-bond donors (Lipinski definition) is 1. The number of piperidine rings is 1. The number of primary amides is 1. The van der Waals surface area contributed by atoms with Crippen LogP contribution >= 0.6 is 0 Å². The molecular weight excluding hydrogens is 302 g/mol. The summed E-state index contributed by atoms with van der Waals surface area (Å²) in [7, 11) is -3.81. The molecular formula is C15H17N3O3S. The van der Waals surface area contributed by atoms with Gasteiger partial charge in [0, 0.05) is 25.2 Å². The van der Waals surface area contributed by atoms with Crippen LogP contribution in [-0.2, 0) is 14.6 Å². The molecule has 0 radical (unpaired) electrons. The van der Waals surface area contributed by atoms with E-state index in [2.05, 4.69) is 0 Å². The Morgan fingerprint density at radius 3 is 2.36 bits per heavy atom. The minimum absolute atomic E-state index is 0.0924. The lowest BCUT2D eigenvalue weighted by molar-refractivity contribution is -0.122. The summed E-state index contributed by atoms with van der Waals surface area (Å²) in [4.78, 5) is 12.7. The van der Waals surface area contributed by atoms with Gasteiger partial charge in [-0.15, -0.1) is 0 Å². The maximum Gasteiger partial charge on any atom is 0.220 e. The standard InChI is InChI=1S/C15H17N3O3S/c16-10-14(22(20,21)13-4-2-1-3-5-13)11-18-8-6-12(7-9-18)15(17)19/h1-5,11-12H,6-9H2,(H2,17,19). The van der Waals surface area contributed by atoms with E-state index in [9.17, 15) is 18.5 Å². The topological polar surface area (TPSA) is 104 Å². The van der Waals surface area contributed by atoms with Gasteiger partial charge in [-0.3, -0.25) is 4.79 Å². The van der Waals surface area contributed by atoms with Crippen LogP contribution in [0.1, 0.15) is 12.8 Å². The van der Waals surface area contributed by atoms with Crippen molar-refractivity contribution < 1.29 is 13.2 Å². The van der Waals surface area contributed by atoms with Crippen molar-refractivity contribution in [2.24, 2.45) is 11.7 Å². The van der Waals surface area contributed by atoms with Crippen LogP contribution in [0.5, 0.6) is 0 Å². The summed E-state index contributed by atoms with van der Waals surface area (Å²) >= 11 is 0. The number of hydrogen-bond acceptors (Lipinski definition) is 5. The van der Waals surface area contributed by atoms with Crippen LogP contribution < -0.4 is 5.73 Å². The predicted molar refractivity (Wildman–Crippen MR) is 80.8 cm³/mol. The molecule has 0 bridgehead atoms. The molecule has 2 N–H and O–H groups in total. The average Bonchev–Trinajstić information content (AvgIpc) is 2.53. The molecule has 6 nitrogen and oxygen atoms in total. The number of sulfone groups is 1. The summed E-state index contributed by atoms with van der Waals surface area (Å²) < 4.78 is 24.8. The third-order valence-electron chi connectivity index (χ3n) is 3.68. The van der Waals surface area contributed by atoms with E-state index < -0.39 is 9.84 Å². The van der Waals surface area contributed by atoms with Gasteiger partial charge in [-0.2, -0.15) is 5.26 Å². The lowest BCUT2D eigenvalue weighted by Gasteiger charge is -2.29. The molecule has 0 aromatic heterocycles. The minimum atomic E-state index is -3.81. The van der Waals surface area contributed by atoms with Gasteiger partial charge in [0.15, 0.2) is 4.91 Å². The highest BCUT2D eigenvalue weighted by Crippen LogP contribution is 2.22. The number of likely N-dealkylation sites (tertiary alicyclic amines) is 1. The second-order valence-corrected chi connectivity index (χ2v) is 7.05. The maximum atomic E-state index is 12.4. The molecule has 2 rings (SSSR count). The van der Waals surface area contributed by atoms with Gasteiger partial charge >= 0.3 is 0 Å². The number of carbonyl (C=O) groups is 1. The molecule has 0 saturated carbocycles. The highest BCUT2D eigenvalue weighted by atomic mass is 32.2. The second kappa shape index (κ2) is 6.62. The third kappa shape index (κ3) is 3.46. The monoisotopic (exact) mass is 319 g/mol. The largest absolute Gasteiger partial charge is 0.376 e. The summed E-state index contributed by atoms with van der Waals surface area (Å²) in [5.74, 6) is -0.512. The molecule has 0 unspecified atom stereocenters. The fraction of sp³-hybridized carbons (Fsp3) is 0.333. The van der Waals surface area contributed by atoms with Gasteiger partial charge in [0.2, 0.25) is 15.7 Å². The number of carbonyl (C=O) groups excluding carboxylic acids is 1. The number of nitrogens with two attached hydrogens (primary N) is 1. The molecule has 22 heavy (non-hydrogen) atoms. The molecule has 116 valence electrons. The Kier molecular flexibility index (Phi) is 4.83. The first-order valence-electron chi connectivity index (χ1n) is 6.90. The van der Waals surface area contributed by atoms with E-state index in [1.165, 1.54) is 18.3 Å². The van der Waals surface area contributed by atoms with Crippen molar-refractivity contribution in [3.8, 4) is 6.07 Å². The van der Waals surface area contributed by atoms with Crippen molar-refractivity contribution in [2.75, 3.05) is 13.1 Å². The Morgan fingerprint density at radius 1 is 1.27 bits per heavy atom. The summed E-state index contributed by atoms with van der Waals surface area (Å²) in [5.41, 5.74) is 5.26. The first kappa shape index (κ1) is 16.0. The first-order chi connectivity index (χ1) is 10.4. The average molecular weight is 319 g/mol. The summed E-state index contributed by atoms with van der Waals surface area (Å²) in [5, 5.41) is 9.20. The van der Waals surface area contributed by atoms with Gasteiger partial charge < -0.3 is 10.6 Å². The fourth-order valence-electron chi connectivity index (χ4n) is 2.36. The predicted octanol–water partition coefficient (Wildman–Crippen LogP) is 1.02. The zero-order valence-electron chi connectivity index (χ0n) is 12.0. The number of nitrogens with zero attached hydrogens (tertiary/aromatic N) is 2. The number of nitriles is 1. The van der Waals surface area contributed by atoms with Gasteiger partial charge in [0.05, 0.1) is 4.90 Å². The van der Waals surface area contributed by atoms with Gasteiger partial charge in [0.1, 0.15) is 6.07 Å². The molecule has 1 aromatic carbocycles. The summed E-state index contributed by atoms with van der Waals surface area (Å²) in [6.45, 7) is 1.01. The van der Waals surface area contributed by atoms with Crippen molar-refractivity contribution in [1.82, 2.24) is 4.90 Å². The molecule has 1 aliphatic heterocycles. The zero-order chi connectivity index (χ0) is 16.2. The number of amides is 1. The number of benzene rings is 1. The van der Waals surface area contributed by atoms with E-state index in [0.717, 1.165) is 0 Å². The Labute approximate surface area is 129 Å². The number of allylic oxidation sites excluding steroid dienone is 1. The van der Waals surface area contributed by atoms with Crippen LogP contribution in [0.3, 0.4) is 0 Å². The Balaban J connectivity index is 2.19. The van der Waals surface area contributed by atoms with E-state index in [-0.39, 0.29) is 21.6 Å². The molecule has 1 heterocycles. The van der Waals surface area contributed by atoms with Gasteiger partial charge in [-0.05, 0) is 25.0 Å². The van der Waals surface area contributed by atoms with E-state index >= 15 is 0 Å². The van der Waals surface area contributed by atoms with E-state index in [1.807, 2.05) is 0 Å². The zero-order valence-corrected chi connectivity index (χ0v) is 12.8. The van der Waals surface area contributed by atoms with Crippen LogP contribution in [0, 0.1) is 17.2 Å². The smallest absolute Gasteiger partial charge is 0.220 e. The van der Waals surface area contributed by atoms with Crippen LogP contribution in [0.25, 0.3) is 0 Å². The van der Waals surface area contributed by atoms with Crippen LogP contribution in [0.15, 0.2) is 46.3 Å². The van der Waals surface area contributed by atoms with E-state index in [4.69, 9.17) is 5.73 Å². The summed E-state index contributed by atoms with van der Waals surface area (Å²) in [6, 6.07) is 9.61. The molecule has 1 aliphatic rings. The van der Waals surface area contributed by atoms with Crippen molar-refractivity contribution >= 4 is 15.7 Å². The first-order valence-corrected chi connectivity index (χ1v) is 8.39. The molecule has 0 aliphatic carbocycles. The highest BCUT2D eigenvalue weighted by Gasteiger charge is 2.25. The molecule has 1 amide bonds. The van der Waals surface area contributed by atoms with Gasteiger partial charge in [-0.1, -0.05) is 18.2 Å². The quantitative estimate of drug-likeness (QED) is 0.834. The van der Waals surface area contributed by atoms with Gasteiger partial charge in [0.25, 0.3) is 0 Å². The third-order valence-corrected chi connectivity index (χ3v) is 5.35. The lowest BCUT2D eigenvalue weighted by Crippen LogP contribution is -2.36.